The molecule has 0 radical (unpaired) electrons. The Balaban J connectivity index is 1.25. The zero-order chi connectivity index (χ0) is 26.9. The summed E-state index contributed by atoms with van der Waals surface area (Å²) in [5, 5.41) is 6.39. The van der Waals surface area contributed by atoms with E-state index in [1.807, 2.05) is 60.3 Å². The number of hydrogen-bond acceptors (Lipinski definition) is 7. The number of benzene rings is 2. The highest BCUT2D eigenvalue weighted by Gasteiger charge is 2.25. The average Bonchev–Trinajstić information content (AvgIpc) is 3.41. The van der Waals surface area contributed by atoms with Crippen LogP contribution in [-0.2, 0) is 17.6 Å². The molecular weight excluding hydrogens is 560 g/mol. The summed E-state index contributed by atoms with van der Waals surface area (Å²) in [6.45, 7) is 5.12. The number of aryl methyl sites for hydroxylation is 2. The van der Waals surface area contributed by atoms with Crippen LogP contribution >= 0.6 is 15.9 Å². The Morgan fingerprint density at radius 3 is 2.77 bits per heavy atom. The number of ether oxygens (including phenoxy) is 2. The van der Waals surface area contributed by atoms with Crippen LogP contribution in [0.3, 0.4) is 0 Å². The van der Waals surface area contributed by atoms with Crippen LogP contribution in [0, 0.1) is 6.92 Å². The smallest absolute Gasteiger partial charge is 0.257 e. The molecule has 1 amide bonds. The third-order valence-electron chi connectivity index (χ3n) is 7.21. The molecule has 39 heavy (non-hydrogen) atoms. The third kappa shape index (κ3) is 4.97. The second-order valence-electron chi connectivity index (χ2n) is 9.58. The van der Waals surface area contributed by atoms with E-state index in [0.717, 1.165) is 83.3 Å². The fourth-order valence-electron chi connectivity index (χ4n) is 5.11. The van der Waals surface area contributed by atoms with Crippen molar-refractivity contribution in [3.63, 3.8) is 0 Å². The number of hydrogen-bond donors (Lipinski definition) is 2. The van der Waals surface area contributed by atoms with Crippen molar-refractivity contribution in [3.8, 4) is 11.6 Å². The van der Waals surface area contributed by atoms with Gasteiger partial charge in [0.05, 0.1) is 37.3 Å². The van der Waals surface area contributed by atoms with Crippen LogP contribution in [-0.4, -0.2) is 53.9 Å². The summed E-state index contributed by atoms with van der Waals surface area (Å²) >= 11 is 3.54. The van der Waals surface area contributed by atoms with E-state index in [9.17, 15) is 4.79 Å². The molecule has 10 heteroatoms. The van der Waals surface area contributed by atoms with E-state index in [-0.39, 0.29) is 5.91 Å². The Morgan fingerprint density at radius 2 is 1.97 bits per heavy atom. The molecule has 200 valence electrons. The van der Waals surface area contributed by atoms with Crippen LogP contribution in [0.25, 0.3) is 5.82 Å². The number of para-hydroxylation sites is 1. The fourth-order valence-corrected chi connectivity index (χ4v) is 5.68. The van der Waals surface area contributed by atoms with E-state index in [4.69, 9.17) is 14.5 Å². The largest absolute Gasteiger partial charge is 0.494 e. The maximum atomic E-state index is 13.3. The highest BCUT2D eigenvalue weighted by Crippen LogP contribution is 2.33. The molecule has 2 aromatic heterocycles. The number of carbonyl (C=O) groups is 1. The molecule has 9 nitrogen and oxygen atoms in total. The molecule has 4 aromatic rings. The summed E-state index contributed by atoms with van der Waals surface area (Å²) in [4.78, 5) is 25.0. The second kappa shape index (κ2) is 10.7. The zero-order valence-corrected chi connectivity index (χ0v) is 23.4. The monoisotopic (exact) mass is 588 g/mol. The second-order valence-corrected chi connectivity index (χ2v) is 10.4. The van der Waals surface area contributed by atoms with Gasteiger partial charge in [0.2, 0.25) is 5.95 Å². The first-order valence-electron chi connectivity index (χ1n) is 12.9. The van der Waals surface area contributed by atoms with E-state index < -0.39 is 0 Å². The lowest BCUT2D eigenvalue weighted by atomic mass is 10.0. The molecule has 2 aromatic carbocycles. The number of rotatable bonds is 6. The molecule has 0 bridgehead atoms. The lowest BCUT2D eigenvalue weighted by molar-refractivity contribution is 0.102. The molecule has 4 heterocycles. The molecule has 0 saturated carbocycles. The summed E-state index contributed by atoms with van der Waals surface area (Å²) in [5.74, 6) is 1.80. The van der Waals surface area contributed by atoms with Gasteiger partial charge >= 0.3 is 0 Å². The molecule has 2 aliphatic heterocycles. The van der Waals surface area contributed by atoms with Gasteiger partial charge in [0.1, 0.15) is 11.6 Å². The quantitative estimate of drug-likeness (QED) is 0.316. The van der Waals surface area contributed by atoms with Crippen molar-refractivity contribution in [1.29, 1.82) is 0 Å². The zero-order valence-electron chi connectivity index (χ0n) is 21.8. The fraction of sp³-hybridized carbons (Fsp3) is 0.276. The molecule has 0 unspecified atom stereocenters. The van der Waals surface area contributed by atoms with Gasteiger partial charge in [0.15, 0.2) is 0 Å². The number of morpholine rings is 1. The summed E-state index contributed by atoms with van der Waals surface area (Å²) < 4.78 is 14.0. The minimum absolute atomic E-state index is 0.139. The summed E-state index contributed by atoms with van der Waals surface area (Å²) in [6, 6.07) is 13.8. The van der Waals surface area contributed by atoms with Crippen molar-refractivity contribution in [3.05, 3.63) is 81.7 Å². The van der Waals surface area contributed by atoms with Gasteiger partial charge in [-0.25, -0.2) is 4.98 Å². The van der Waals surface area contributed by atoms with Gasteiger partial charge < -0.3 is 29.6 Å². The Labute approximate surface area is 235 Å². The van der Waals surface area contributed by atoms with Crippen LogP contribution in [0.2, 0.25) is 0 Å². The van der Waals surface area contributed by atoms with Gasteiger partial charge in [-0.2, -0.15) is 4.98 Å². The van der Waals surface area contributed by atoms with Crippen LogP contribution in [0.4, 0.5) is 23.0 Å². The Kier molecular flexibility index (Phi) is 6.97. The molecule has 0 aliphatic carbocycles. The highest BCUT2D eigenvalue weighted by molar-refractivity contribution is 9.10. The van der Waals surface area contributed by atoms with E-state index in [1.54, 1.807) is 7.11 Å². The van der Waals surface area contributed by atoms with Gasteiger partial charge in [-0.15, -0.1) is 0 Å². The van der Waals surface area contributed by atoms with Crippen LogP contribution in [0.5, 0.6) is 5.75 Å². The Bertz CT molecular complexity index is 1530. The number of amides is 1. The van der Waals surface area contributed by atoms with Crippen molar-refractivity contribution in [2.75, 3.05) is 48.9 Å². The average molecular weight is 589 g/mol. The lowest BCUT2D eigenvalue weighted by Crippen LogP contribution is -2.36. The Morgan fingerprint density at radius 1 is 1.13 bits per heavy atom. The van der Waals surface area contributed by atoms with Crippen molar-refractivity contribution < 1.29 is 14.3 Å². The van der Waals surface area contributed by atoms with E-state index >= 15 is 0 Å². The van der Waals surface area contributed by atoms with Crippen molar-refractivity contribution in [2.45, 2.75) is 19.8 Å². The topological polar surface area (TPSA) is 93.5 Å². The maximum absolute atomic E-state index is 13.3. The molecule has 2 N–H and O–H groups in total. The molecule has 6 rings (SSSR count). The third-order valence-corrected chi connectivity index (χ3v) is 7.87. The molecule has 2 aliphatic rings. The maximum Gasteiger partial charge on any atom is 0.257 e. The minimum Gasteiger partial charge on any atom is -0.494 e. The normalized spacial score (nSPS) is 14.4. The number of methoxy groups -OCH3 is 1. The number of nitrogens with zero attached hydrogens (tertiary/aromatic N) is 4. The highest BCUT2D eigenvalue weighted by atomic mass is 79.9. The summed E-state index contributed by atoms with van der Waals surface area (Å²) in [6.07, 6.45) is 5.24. The standard InChI is InChI=1S/C29H29BrN6O3/c1-18-4-3-5-22(30)26(18)33-28(37)21-10-11-36-24(21)9-6-19-17-31-29(34-27(19)36)32-23-8-7-20(16-25(23)38-2)35-12-14-39-15-13-35/h3-5,7-8,10-11,16-17H,6,9,12-15H2,1-2H3,(H,33,37)(H,31,32,34). The van der Waals surface area contributed by atoms with Gasteiger partial charge in [-0.3, -0.25) is 4.79 Å². The lowest BCUT2D eigenvalue weighted by Gasteiger charge is -2.29. The predicted molar refractivity (Wildman–Crippen MR) is 155 cm³/mol. The van der Waals surface area contributed by atoms with Crippen LogP contribution in [0.1, 0.15) is 27.2 Å². The molecule has 0 atom stereocenters. The molecule has 1 fully saturated rings. The predicted octanol–water partition coefficient (Wildman–Crippen LogP) is 5.28. The molecule has 0 spiro atoms. The number of anilines is 4. The van der Waals surface area contributed by atoms with Gasteiger partial charge in [-0.05, 0) is 65.5 Å². The number of nitrogens with one attached hydrogen (secondary N) is 2. The first kappa shape index (κ1) is 25.4. The number of carbonyl (C=O) groups excluding carboxylic acids is 1. The van der Waals surface area contributed by atoms with Crippen LogP contribution in [0.15, 0.2) is 59.3 Å². The summed E-state index contributed by atoms with van der Waals surface area (Å²) in [5.41, 5.74) is 6.25. The number of aromatic nitrogens is 3. The minimum atomic E-state index is -0.139. The van der Waals surface area contributed by atoms with Gasteiger partial charge in [-0.1, -0.05) is 12.1 Å². The number of fused-ring (bicyclic) bond motifs is 3. The number of halogens is 1. The SMILES string of the molecule is COc1cc(N2CCOCC2)ccc1Nc1ncc2c(n1)-n1ccc(C(=O)Nc3c(C)cccc3Br)c1CC2. The van der Waals surface area contributed by atoms with E-state index in [0.29, 0.717) is 17.3 Å². The van der Waals surface area contributed by atoms with Gasteiger partial charge in [0.25, 0.3) is 5.91 Å². The first-order valence-corrected chi connectivity index (χ1v) is 13.7. The van der Waals surface area contributed by atoms with E-state index in [1.165, 1.54) is 0 Å². The Hall–Kier alpha value is -3.89. The summed E-state index contributed by atoms with van der Waals surface area (Å²) in [7, 11) is 1.66. The first-order chi connectivity index (χ1) is 19.0. The van der Waals surface area contributed by atoms with Gasteiger partial charge in [0, 0.05) is 53.0 Å². The van der Waals surface area contributed by atoms with Crippen molar-refractivity contribution in [2.24, 2.45) is 0 Å². The van der Waals surface area contributed by atoms with Crippen molar-refractivity contribution >= 4 is 44.8 Å². The molecular formula is C29H29BrN6O3. The van der Waals surface area contributed by atoms with Crippen molar-refractivity contribution in [1.82, 2.24) is 14.5 Å². The van der Waals surface area contributed by atoms with E-state index in [2.05, 4.69) is 42.5 Å². The van der Waals surface area contributed by atoms with Crippen LogP contribution < -0.4 is 20.3 Å². The molecule has 1 saturated heterocycles.